The molecule has 2 N–H and O–H groups in total. The van der Waals surface area contributed by atoms with Gasteiger partial charge in [-0.2, -0.15) is 11.8 Å². The molecule has 3 nitrogen and oxygen atoms in total. The second kappa shape index (κ2) is 7.56. The lowest BCUT2D eigenvalue weighted by molar-refractivity contribution is -0.120. The minimum atomic E-state index is 0.164. The molecule has 104 valence electrons. The molecular formula is C15H22N2OS. The number of hydrogen-bond donors (Lipinski definition) is 2. The fourth-order valence-electron chi connectivity index (χ4n) is 2.30. The molecule has 0 atom stereocenters. The summed E-state index contributed by atoms with van der Waals surface area (Å²) in [5.41, 5.74) is 2.24. The molecule has 0 saturated carbocycles. The van der Waals surface area contributed by atoms with Crippen LogP contribution in [-0.2, 0) is 11.2 Å². The number of carbonyl (C=O) groups excluding carboxylic acids is 1. The van der Waals surface area contributed by atoms with E-state index < -0.39 is 0 Å². The summed E-state index contributed by atoms with van der Waals surface area (Å²) in [6, 6.07) is 8.23. The van der Waals surface area contributed by atoms with Gasteiger partial charge in [-0.3, -0.25) is 4.79 Å². The monoisotopic (exact) mass is 278 g/mol. The molecule has 2 rings (SSSR count). The van der Waals surface area contributed by atoms with E-state index in [4.69, 9.17) is 0 Å². The molecular weight excluding hydrogens is 256 g/mol. The minimum absolute atomic E-state index is 0.164. The third-order valence-corrected chi connectivity index (χ3v) is 4.14. The van der Waals surface area contributed by atoms with Gasteiger partial charge in [0.05, 0.1) is 0 Å². The zero-order valence-corrected chi connectivity index (χ0v) is 12.3. The number of benzene rings is 1. The Hall–Kier alpha value is -1.00. The second-order valence-electron chi connectivity index (χ2n) is 4.95. The Kier molecular flexibility index (Phi) is 5.73. The Labute approximate surface area is 119 Å². The van der Waals surface area contributed by atoms with Gasteiger partial charge in [-0.15, -0.1) is 0 Å². The van der Waals surface area contributed by atoms with Crippen LogP contribution in [0.4, 0.5) is 5.69 Å². The Balaban J connectivity index is 1.86. The highest BCUT2D eigenvalue weighted by Gasteiger charge is 2.20. The van der Waals surface area contributed by atoms with Gasteiger partial charge in [-0.1, -0.05) is 12.1 Å². The van der Waals surface area contributed by atoms with Crippen molar-refractivity contribution < 1.29 is 4.79 Å². The van der Waals surface area contributed by atoms with Gasteiger partial charge in [0.2, 0.25) is 5.91 Å². The first-order chi connectivity index (χ1) is 9.29. The van der Waals surface area contributed by atoms with Crippen LogP contribution >= 0.6 is 11.8 Å². The van der Waals surface area contributed by atoms with Crippen LogP contribution < -0.4 is 10.6 Å². The fourth-order valence-corrected chi connectivity index (χ4v) is 2.74. The molecule has 1 aromatic carbocycles. The van der Waals surface area contributed by atoms with E-state index >= 15 is 0 Å². The number of aryl methyl sites for hydroxylation is 1. The smallest absolute Gasteiger partial charge is 0.227 e. The maximum Gasteiger partial charge on any atom is 0.227 e. The first-order valence-corrected chi connectivity index (χ1v) is 8.28. The van der Waals surface area contributed by atoms with E-state index in [0.717, 1.165) is 43.8 Å². The summed E-state index contributed by atoms with van der Waals surface area (Å²) in [6.07, 6.45) is 5.09. The van der Waals surface area contributed by atoms with Crippen molar-refractivity contribution in [2.24, 2.45) is 5.92 Å². The molecule has 1 heterocycles. The van der Waals surface area contributed by atoms with E-state index in [1.165, 1.54) is 5.56 Å². The quantitative estimate of drug-likeness (QED) is 0.869. The molecule has 0 spiro atoms. The summed E-state index contributed by atoms with van der Waals surface area (Å²) in [5.74, 6) is 1.47. The van der Waals surface area contributed by atoms with Crippen LogP contribution in [0.2, 0.25) is 0 Å². The van der Waals surface area contributed by atoms with Gasteiger partial charge in [-0.05, 0) is 62.1 Å². The first kappa shape index (κ1) is 14.4. The minimum Gasteiger partial charge on any atom is -0.326 e. The summed E-state index contributed by atoms with van der Waals surface area (Å²) in [7, 11) is 0. The third-order valence-electron chi connectivity index (χ3n) is 3.53. The molecule has 1 aliphatic heterocycles. The lowest BCUT2D eigenvalue weighted by atomic mass is 9.97. The number of rotatable bonds is 5. The number of piperidine rings is 1. The van der Waals surface area contributed by atoms with E-state index in [1.807, 2.05) is 23.9 Å². The molecule has 1 amide bonds. The molecule has 19 heavy (non-hydrogen) atoms. The molecule has 0 bridgehead atoms. The SMILES string of the molecule is CSCCc1ccc(NC(=O)C2CCNCC2)cc1. The van der Waals surface area contributed by atoms with E-state index in [9.17, 15) is 4.79 Å². The van der Waals surface area contributed by atoms with Crippen LogP contribution in [0.15, 0.2) is 24.3 Å². The summed E-state index contributed by atoms with van der Waals surface area (Å²) in [4.78, 5) is 12.1. The number of thioether (sulfide) groups is 1. The van der Waals surface area contributed by atoms with Crippen molar-refractivity contribution in [1.82, 2.24) is 5.32 Å². The van der Waals surface area contributed by atoms with Crippen molar-refractivity contribution in [3.05, 3.63) is 29.8 Å². The van der Waals surface area contributed by atoms with Gasteiger partial charge in [0.25, 0.3) is 0 Å². The Morgan fingerprint density at radius 3 is 2.63 bits per heavy atom. The van der Waals surface area contributed by atoms with E-state index in [0.29, 0.717) is 0 Å². The normalized spacial score (nSPS) is 16.3. The van der Waals surface area contributed by atoms with Crippen molar-refractivity contribution in [1.29, 1.82) is 0 Å². The maximum atomic E-state index is 12.1. The van der Waals surface area contributed by atoms with E-state index in [2.05, 4.69) is 29.0 Å². The molecule has 0 radical (unpaired) electrons. The molecule has 0 aromatic heterocycles. The van der Waals surface area contributed by atoms with Crippen LogP contribution in [-0.4, -0.2) is 31.0 Å². The first-order valence-electron chi connectivity index (χ1n) is 6.89. The van der Waals surface area contributed by atoms with Crippen molar-refractivity contribution in [2.45, 2.75) is 19.3 Å². The largest absolute Gasteiger partial charge is 0.326 e. The number of nitrogens with one attached hydrogen (secondary N) is 2. The van der Waals surface area contributed by atoms with Gasteiger partial charge in [0, 0.05) is 11.6 Å². The van der Waals surface area contributed by atoms with E-state index in [1.54, 1.807) is 0 Å². The molecule has 0 aliphatic carbocycles. The number of amides is 1. The average molecular weight is 278 g/mol. The van der Waals surface area contributed by atoms with Crippen molar-refractivity contribution >= 4 is 23.4 Å². The predicted molar refractivity (Wildman–Crippen MR) is 82.8 cm³/mol. The van der Waals surface area contributed by atoms with Gasteiger partial charge >= 0.3 is 0 Å². The number of carbonyl (C=O) groups is 1. The fraction of sp³-hybridized carbons (Fsp3) is 0.533. The summed E-state index contributed by atoms with van der Waals surface area (Å²) in [6.45, 7) is 1.90. The van der Waals surface area contributed by atoms with Gasteiger partial charge in [-0.25, -0.2) is 0 Å². The molecule has 1 fully saturated rings. The highest BCUT2D eigenvalue weighted by atomic mass is 32.2. The third kappa shape index (κ3) is 4.55. The molecule has 4 heteroatoms. The average Bonchev–Trinajstić information content (AvgIpc) is 2.47. The standard InChI is InChI=1S/C15H22N2OS/c1-19-11-8-12-2-4-14(5-3-12)17-15(18)13-6-9-16-10-7-13/h2-5,13,16H,6-11H2,1H3,(H,17,18). The highest BCUT2D eigenvalue weighted by Crippen LogP contribution is 2.16. The van der Waals surface area contributed by atoms with Gasteiger partial charge in [0.15, 0.2) is 0 Å². The highest BCUT2D eigenvalue weighted by molar-refractivity contribution is 7.98. The molecule has 0 unspecified atom stereocenters. The predicted octanol–water partition coefficient (Wildman–Crippen LogP) is 2.53. The van der Waals surface area contributed by atoms with Crippen LogP contribution in [0, 0.1) is 5.92 Å². The number of hydrogen-bond acceptors (Lipinski definition) is 3. The lowest BCUT2D eigenvalue weighted by Crippen LogP contribution is -2.34. The second-order valence-corrected chi connectivity index (χ2v) is 5.94. The number of anilines is 1. The van der Waals surface area contributed by atoms with Gasteiger partial charge in [0.1, 0.15) is 0 Å². The van der Waals surface area contributed by atoms with Crippen molar-refractivity contribution in [2.75, 3.05) is 30.4 Å². The lowest BCUT2D eigenvalue weighted by Gasteiger charge is -2.21. The Bertz CT molecular complexity index is 399. The van der Waals surface area contributed by atoms with Crippen LogP contribution in [0.5, 0.6) is 0 Å². The van der Waals surface area contributed by atoms with Crippen LogP contribution in [0.3, 0.4) is 0 Å². The van der Waals surface area contributed by atoms with E-state index in [-0.39, 0.29) is 11.8 Å². The maximum absolute atomic E-state index is 12.1. The van der Waals surface area contributed by atoms with Crippen molar-refractivity contribution in [3.63, 3.8) is 0 Å². The summed E-state index contributed by atoms with van der Waals surface area (Å²) < 4.78 is 0. The molecule has 1 aliphatic rings. The Morgan fingerprint density at radius 1 is 1.32 bits per heavy atom. The van der Waals surface area contributed by atoms with Crippen LogP contribution in [0.1, 0.15) is 18.4 Å². The summed E-state index contributed by atoms with van der Waals surface area (Å²) >= 11 is 1.85. The Morgan fingerprint density at radius 2 is 2.00 bits per heavy atom. The van der Waals surface area contributed by atoms with Crippen LogP contribution in [0.25, 0.3) is 0 Å². The zero-order chi connectivity index (χ0) is 13.5. The summed E-state index contributed by atoms with van der Waals surface area (Å²) in [5, 5.41) is 6.30. The van der Waals surface area contributed by atoms with Crippen molar-refractivity contribution in [3.8, 4) is 0 Å². The van der Waals surface area contributed by atoms with Gasteiger partial charge < -0.3 is 10.6 Å². The zero-order valence-electron chi connectivity index (χ0n) is 11.4. The molecule has 1 aromatic rings. The topological polar surface area (TPSA) is 41.1 Å². The molecule has 1 saturated heterocycles.